The first-order chi connectivity index (χ1) is 13.2. The number of thioether (sulfide) groups is 1. The number of allylic oxidation sites excluding steroid dienone is 4. The molecule has 3 rings (SSSR count). The smallest absolute Gasteiger partial charge is 0.165 e. The van der Waals surface area contributed by atoms with Crippen LogP contribution in [-0.4, -0.2) is 19.2 Å². The summed E-state index contributed by atoms with van der Waals surface area (Å²) in [6.45, 7) is 0.169. The molecule has 1 heterocycles. The van der Waals surface area contributed by atoms with Gasteiger partial charge in [-0.05, 0) is 42.5 Å². The van der Waals surface area contributed by atoms with Gasteiger partial charge in [-0.2, -0.15) is 5.26 Å². The Hall–Kier alpha value is -2.98. The van der Waals surface area contributed by atoms with Crippen LogP contribution in [0.25, 0.3) is 10.9 Å². The Bertz CT molecular complexity index is 993. The lowest BCUT2D eigenvalue weighted by Crippen LogP contribution is -1.98. The van der Waals surface area contributed by atoms with Crippen LogP contribution < -0.4 is 9.47 Å². The van der Waals surface area contributed by atoms with Crippen LogP contribution in [0.4, 0.5) is 4.39 Å². The number of hydrogen-bond donors (Lipinski definition) is 0. The quantitative estimate of drug-likeness (QED) is 0.653. The molecule has 0 saturated carbocycles. The Kier molecular flexibility index (Phi) is 5.99. The number of fused-ring (bicyclic) bond motifs is 1. The molecule has 0 atom stereocenters. The van der Waals surface area contributed by atoms with Gasteiger partial charge in [-0.25, -0.2) is 4.39 Å². The average Bonchev–Trinajstić information content (AvgIpc) is 2.86. The number of ether oxygens (including phenoxy) is 3. The van der Waals surface area contributed by atoms with Crippen LogP contribution in [0.5, 0.6) is 11.5 Å². The SMILES string of the molecule is COc1cc2nccc(COC3=CCC=C(SC#N)C=C3F)c2cc1OC. The minimum Gasteiger partial charge on any atom is -0.493 e. The van der Waals surface area contributed by atoms with E-state index in [4.69, 9.17) is 19.5 Å². The summed E-state index contributed by atoms with van der Waals surface area (Å²) in [7, 11) is 3.13. The van der Waals surface area contributed by atoms with Crippen molar-refractivity contribution in [1.29, 1.82) is 5.26 Å². The zero-order valence-electron chi connectivity index (χ0n) is 14.9. The van der Waals surface area contributed by atoms with E-state index >= 15 is 0 Å². The maximum Gasteiger partial charge on any atom is 0.165 e. The highest BCUT2D eigenvalue weighted by Crippen LogP contribution is 2.33. The molecule has 0 fully saturated rings. The standard InChI is InChI=1S/C20H17FN2O3S/c1-24-19-9-15-13(6-7-23-17(15)10-20(19)25-2)11-26-18-5-3-4-14(27-12-22)8-16(18)21/h4-10H,3,11H2,1-2H3. The topological polar surface area (TPSA) is 64.4 Å². The molecule has 0 bridgehead atoms. The van der Waals surface area contributed by atoms with Gasteiger partial charge in [0.2, 0.25) is 0 Å². The highest BCUT2D eigenvalue weighted by Gasteiger charge is 2.13. The molecule has 1 aromatic carbocycles. The fourth-order valence-corrected chi connectivity index (χ4v) is 3.14. The monoisotopic (exact) mass is 384 g/mol. The van der Waals surface area contributed by atoms with Gasteiger partial charge in [0.1, 0.15) is 12.0 Å². The molecule has 27 heavy (non-hydrogen) atoms. The van der Waals surface area contributed by atoms with E-state index in [9.17, 15) is 4.39 Å². The van der Waals surface area contributed by atoms with Crippen molar-refractivity contribution in [3.05, 3.63) is 64.7 Å². The summed E-state index contributed by atoms with van der Waals surface area (Å²) < 4.78 is 30.7. The molecule has 1 aliphatic carbocycles. The van der Waals surface area contributed by atoms with Gasteiger partial charge >= 0.3 is 0 Å². The van der Waals surface area contributed by atoms with Gasteiger partial charge in [-0.15, -0.1) is 0 Å². The number of thiocyanates is 1. The molecule has 138 valence electrons. The van der Waals surface area contributed by atoms with E-state index in [1.54, 1.807) is 38.6 Å². The predicted molar refractivity (Wildman–Crippen MR) is 103 cm³/mol. The molecule has 0 N–H and O–H groups in total. The molecular weight excluding hydrogens is 367 g/mol. The fraction of sp³-hybridized carbons (Fsp3) is 0.200. The summed E-state index contributed by atoms with van der Waals surface area (Å²) in [6.07, 6.45) is 6.91. The number of halogens is 1. The van der Waals surface area contributed by atoms with Crippen molar-refractivity contribution < 1.29 is 18.6 Å². The van der Waals surface area contributed by atoms with Crippen molar-refractivity contribution in [2.24, 2.45) is 0 Å². The first-order valence-electron chi connectivity index (χ1n) is 8.12. The third-order valence-corrected chi connectivity index (χ3v) is 4.62. The van der Waals surface area contributed by atoms with Gasteiger partial charge in [-0.3, -0.25) is 4.98 Å². The van der Waals surface area contributed by atoms with Crippen molar-refractivity contribution in [2.45, 2.75) is 13.0 Å². The summed E-state index contributed by atoms with van der Waals surface area (Å²) in [5.41, 5.74) is 1.58. The molecule has 5 nitrogen and oxygen atoms in total. The maximum atomic E-state index is 14.4. The van der Waals surface area contributed by atoms with Crippen molar-refractivity contribution in [3.63, 3.8) is 0 Å². The first-order valence-corrected chi connectivity index (χ1v) is 8.94. The second-order valence-electron chi connectivity index (χ2n) is 5.58. The van der Waals surface area contributed by atoms with E-state index in [0.29, 0.717) is 22.8 Å². The zero-order valence-corrected chi connectivity index (χ0v) is 15.7. The summed E-state index contributed by atoms with van der Waals surface area (Å²) in [4.78, 5) is 4.91. The van der Waals surface area contributed by atoms with Gasteiger partial charge in [0.05, 0.1) is 19.7 Å². The molecule has 0 aliphatic heterocycles. The molecule has 7 heteroatoms. The second kappa shape index (κ2) is 8.60. The van der Waals surface area contributed by atoms with Gasteiger partial charge in [0, 0.05) is 28.1 Å². The number of methoxy groups -OCH3 is 2. The average molecular weight is 384 g/mol. The molecule has 0 amide bonds. The Morgan fingerprint density at radius 1 is 1.22 bits per heavy atom. The molecule has 0 radical (unpaired) electrons. The van der Waals surface area contributed by atoms with Gasteiger partial charge < -0.3 is 14.2 Å². The Balaban J connectivity index is 1.84. The fourth-order valence-electron chi connectivity index (χ4n) is 2.70. The lowest BCUT2D eigenvalue weighted by molar-refractivity contribution is 0.196. The van der Waals surface area contributed by atoms with Crippen molar-refractivity contribution in [2.75, 3.05) is 14.2 Å². The number of hydrogen-bond acceptors (Lipinski definition) is 6. The second-order valence-corrected chi connectivity index (χ2v) is 6.44. The van der Waals surface area contributed by atoms with Crippen molar-refractivity contribution >= 4 is 22.7 Å². The number of nitriles is 1. The third kappa shape index (κ3) is 4.23. The number of aromatic nitrogens is 1. The summed E-state index contributed by atoms with van der Waals surface area (Å²) >= 11 is 0.923. The minimum atomic E-state index is -0.501. The molecule has 0 saturated heterocycles. The summed E-state index contributed by atoms with van der Waals surface area (Å²) in [5.74, 6) is 0.829. The minimum absolute atomic E-state index is 0.158. The molecule has 1 aliphatic rings. The summed E-state index contributed by atoms with van der Waals surface area (Å²) in [5, 5.41) is 11.5. The Morgan fingerprint density at radius 3 is 2.74 bits per heavy atom. The van der Waals surface area contributed by atoms with Gasteiger partial charge in [0.25, 0.3) is 0 Å². The van der Waals surface area contributed by atoms with E-state index in [-0.39, 0.29) is 12.4 Å². The molecule has 1 aromatic heterocycles. The van der Waals surface area contributed by atoms with Crippen LogP contribution >= 0.6 is 11.8 Å². The highest BCUT2D eigenvalue weighted by molar-refractivity contribution is 8.07. The zero-order chi connectivity index (χ0) is 19.2. The van der Waals surface area contributed by atoms with Crippen molar-refractivity contribution in [1.82, 2.24) is 4.98 Å². The van der Waals surface area contributed by atoms with E-state index in [2.05, 4.69) is 4.98 Å². The van der Waals surface area contributed by atoms with Crippen LogP contribution in [-0.2, 0) is 11.3 Å². The van der Waals surface area contributed by atoms with E-state index in [0.717, 1.165) is 28.2 Å². The molecule has 0 spiro atoms. The number of pyridine rings is 1. The largest absolute Gasteiger partial charge is 0.493 e. The van der Waals surface area contributed by atoms with Crippen LogP contribution in [0.1, 0.15) is 12.0 Å². The summed E-state index contributed by atoms with van der Waals surface area (Å²) in [6, 6.07) is 5.44. The van der Waals surface area contributed by atoms with Crippen molar-refractivity contribution in [3.8, 4) is 16.9 Å². The normalized spacial score (nSPS) is 13.8. The number of nitrogens with zero attached hydrogens (tertiary/aromatic N) is 2. The third-order valence-electron chi connectivity index (χ3n) is 4.01. The Morgan fingerprint density at radius 2 is 2.00 bits per heavy atom. The molecular formula is C20H17FN2O3S. The maximum absolute atomic E-state index is 14.4. The molecule has 0 unspecified atom stereocenters. The Labute approximate surface area is 160 Å². The lowest BCUT2D eigenvalue weighted by atomic mass is 10.1. The van der Waals surface area contributed by atoms with Crippen LogP contribution in [0.15, 0.2) is 59.1 Å². The number of benzene rings is 1. The first kappa shape index (κ1) is 18.8. The van der Waals surface area contributed by atoms with Crippen LogP contribution in [0.3, 0.4) is 0 Å². The molecule has 2 aromatic rings. The van der Waals surface area contributed by atoms with Crippen LogP contribution in [0, 0.1) is 10.7 Å². The van der Waals surface area contributed by atoms with E-state index < -0.39 is 5.83 Å². The van der Waals surface area contributed by atoms with Crippen LogP contribution in [0.2, 0.25) is 0 Å². The number of rotatable bonds is 6. The van der Waals surface area contributed by atoms with Gasteiger partial charge in [0.15, 0.2) is 23.1 Å². The van der Waals surface area contributed by atoms with E-state index in [1.807, 2.05) is 17.5 Å². The predicted octanol–water partition coefficient (Wildman–Crippen LogP) is 5.01. The van der Waals surface area contributed by atoms with E-state index in [1.165, 1.54) is 6.08 Å². The lowest BCUT2D eigenvalue weighted by Gasteiger charge is -2.13. The highest BCUT2D eigenvalue weighted by atomic mass is 32.2. The van der Waals surface area contributed by atoms with Gasteiger partial charge in [-0.1, -0.05) is 6.08 Å².